The first-order chi connectivity index (χ1) is 14.6. The SMILES string of the molecule is O=C(CN1CCS(=O)(=O)CC1)NCCCN1CCN(c2cccc(C(F)(F)F)c2)CC1. The van der Waals surface area contributed by atoms with E-state index in [-0.39, 0.29) is 24.0 Å². The maximum absolute atomic E-state index is 12.9. The first-order valence-corrected chi connectivity index (χ1v) is 12.3. The number of piperazine rings is 1. The lowest BCUT2D eigenvalue weighted by Gasteiger charge is -2.36. The summed E-state index contributed by atoms with van der Waals surface area (Å²) >= 11 is 0. The fourth-order valence-corrected chi connectivity index (χ4v) is 5.08. The molecular formula is C20H29F3N4O3S. The number of sulfone groups is 1. The van der Waals surface area contributed by atoms with Gasteiger partial charge in [0.2, 0.25) is 5.91 Å². The van der Waals surface area contributed by atoms with Crippen molar-refractivity contribution in [2.24, 2.45) is 0 Å². The molecule has 0 atom stereocenters. The third-order valence-electron chi connectivity index (χ3n) is 5.69. The molecule has 0 bridgehead atoms. The number of nitrogens with one attached hydrogen (secondary N) is 1. The Balaban J connectivity index is 1.32. The molecule has 11 heteroatoms. The van der Waals surface area contributed by atoms with Crippen LogP contribution in [0.4, 0.5) is 18.9 Å². The highest BCUT2D eigenvalue weighted by Crippen LogP contribution is 2.31. The Bertz CT molecular complexity index is 841. The summed E-state index contributed by atoms with van der Waals surface area (Å²) in [5.41, 5.74) is -0.0402. The Morgan fingerprint density at radius 2 is 1.68 bits per heavy atom. The largest absolute Gasteiger partial charge is 0.416 e. The second-order valence-electron chi connectivity index (χ2n) is 8.01. The Morgan fingerprint density at radius 3 is 2.32 bits per heavy atom. The topological polar surface area (TPSA) is 73.0 Å². The summed E-state index contributed by atoms with van der Waals surface area (Å²) in [6.45, 7) is 5.18. The zero-order chi connectivity index (χ0) is 22.5. The maximum atomic E-state index is 12.9. The van der Waals surface area contributed by atoms with Gasteiger partial charge in [0, 0.05) is 51.5 Å². The molecular weight excluding hydrogens is 433 g/mol. The number of amides is 1. The monoisotopic (exact) mass is 462 g/mol. The third-order valence-corrected chi connectivity index (χ3v) is 7.30. The van der Waals surface area contributed by atoms with Crippen LogP contribution in [0, 0.1) is 0 Å². The van der Waals surface area contributed by atoms with Gasteiger partial charge in [-0.15, -0.1) is 0 Å². The van der Waals surface area contributed by atoms with Crippen molar-refractivity contribution < 1.29 is 26.4 Å². The number of hydrogen-bond acceptors (Lipinski definition) is 6. The Morgan fingerprint density at radius 1 is 1.00 bits per heavy atom. The van der Waals surface area contributed by atoms with Crippen LogP contribution in [0.1, 0.15) is 12.0 Å². The van der Waals surface area contributed by atoms with Crippen LogP contribution >= 0.6 is 0 Å². The number of alkyl halides is 3. The summed E-state index contributed by atoms with van der Waals surface area (Å²) in [6, 6.07) is 5.43. The van der Waals surface area contributed by atoms with Crippen LogP contribution in [-0.2, 0) is 20.8 Å². The van der Waals surface area contributed by atoms with Gasteiger partial charge in [-0.1, -0.05) is 6.07 Å². The normalized spacial score (nSPS) is 20.5. The van der Waals surface area contributed by atoms with E-state index in [1.54, 1.807) is 6.07 Å². The van der Waals surface area contributed by atoms with Crippen LogP contribution in [0.5, 0.6) is 0 Å². The van der Waals surface area contributed by atoms with Crippen LogP contribution in [0.3, 0.4) is 0 Å². The van der Waals surface area contributed by atoms with Crippen LogP contribution in [0.2, 0.25) is 0 Å². The van der Waals surface area contributed by atoms with Gasteiger partial charge in [0.25, 0.3) is 0 Å². The van der Waals surface area contributed by atoms with Crippen molar-refractivity contribution in [2.75, 3.05) is 75.3 Å². The van der Waals surface area contributed by atoms with Gasteiger partial charge in [0.05, 0.1) is 23.6 Å². The first kappa shape index (κ1) is 23.8. The fourth-order valence-electron chi connectivity index (χ4n) is 3.81. The van der Waals surface area contributed by atoms with Crippen molar-refractivity contribution in [1.82, 2.24) is 15.1 Å². The highest BCUT2D eigenvalue weighted by Gasteiger charge is 2.31. The fraction of sp³-hybridized carbons (Fsp3) is 0.650. The van der Waals surface area contributed by atoms with Crippen LogP contribution in [0.15, 0.2) is 24.3 Å². The van der Waals surface area contributed by atoms with Crippen LogP contribution < -0.4 is 10.2 Å². The number of nitrogens with zero attached hydrogens (tertiary/aromatic N) is 3. The molecule has 1 N–H and O–H groups in total. The molecule has 0 aromatic heterocycles. The molecule has 0 aliphatic carbocycles. The summed E-state index contributed by atoms with van der Waals surface area (Å²) in [5, 5.41) is 2.87. The number of anilines is 1. The molecule has 2 aliphatic rings. The van der Waals surface area contributed by atoms with E-state index in [1.807, 2.05) is 9.80 Å². The molecule has 2 heterocycles. The number of rotatable bonds is 7. The molecule has 1 aromatic rings. The quantitative estimate of drug-likeness (QED) is 0.611. The second-order valence-corrected chi connectivity index (χ2v) is 10.3. The minimum absolute atomic E-state index is 0.103. The van der Waals surface area contributed by atoms with Crippen LogP contribution in [0.25, 0.3) is 0 Å². The van der Waals surface area contributed by atoms with Gasteiger partial charge in [-0.3, -0.25) is 14.6 Å². The van der Waals surface area contributed by atoms with Gasteiger partial charge in [0.1, 0.15) is 0 Å². The Kier molecular flexibility index (Phi) is 7.82. The first-order valence-electron chi connectivity index (χ1n) is 10.5. The van der Waals surface area contributed by atoms with E-state index in [0.29, 0.717) is 38.4 Å². The van der Waals surface area contributed by atoms with Gasteiger partial charge >= 0.3 is 6.18 Å². The average molecular weight is 463 g/mol. The van der Waals surface area contributed by atoms with E-state index in [2.05, 4.69) is 10.2 Å². The van der Waals surface area contributed by atoms with Gasteiger partial charge in [0.15, 0.2) is 9.84 Å². The third kappa shape index (κ3) is 7.36. The number of carbonyl (C=O) groups excluding carboxylic acids is 1. The summed E-state index contributed by atoms with van der Waals surface area (Å²) < 4.78 is 61.6. The molecule has 3 rings (SSSR count). The highest BCUT2D eigenvalue weighted by molar-refractivity contribution is 7.91. The molecule has 0 spiro atoms. The summed E-state index contributed by atoms with van der Waals surface area (Å²) in [5.74, 6) is 0.105. The Hall–Kier alpha value is -1.85. The predicted molar refractivity (Wildman–Crippen MR) is 113 cm³/mol. The number of halogens is 3. The zero-order valence-electron chi connectivity index (χ0n) is 17.4. The molecule has 0 unspecified atom stereocenters. The van der Waals surface area contributed by atoms with Gasteiger partial charge in [-0.2, -0.15) is 13.2 Å². The van der Waals surface area contributed by atoms with E-state index < -0.39 is 21.6 Å². The molecule has 1 aromatic carbocycles. The smallest absolute Gasteiger partial charge is 0.369 e. The van der Waals surface area contributed by atoms with E-state index >= 15 is 0 Å². The number of hydrogen-bond donors (Lipinski definition) is 1. The molecule has 0 radical (unpaired) electrons. The molecule has 1 amide bonds. The van der Waals surface area contributed by atoms with Gasteiger partial charge in [-0.05, 0) is 31.2 Å². The number of benzene rings is 1. The van der Waals surface area contributed by atoms with E-state index in [4.69, 9.17) is 0 Å². The van der Waals surface area contributed by atoms with Crippen LogP contribution in [-0.4, -0.2) is 94.5 Å². The summed E-state index contributed by atoms with van der Waals surface area (Å²) in [4.78, 5) is 18.1. The van der Waals surface area contributed by atoms with Crippen molar-refractivity contribution in [1.29, 1.82) is 0 Å². The molecule has 31 heavy (non-hydrogen) atoms. The maximum Gasteiger partial charge on any atom is 0.416 e. The van der Waals surface area contributed by atoms with Crippen molar-refractivity contribution in [2.45, 2.75) is 12.6 Å². The number of carbonyl (C=O) groups is 1. The van der Waals surface area contributed by atoms with Gasteiger partial charge in [-0.25, -0.2) is 8.42 Å². The lowest BCUT2D eigenvalue weighted by atomic mass is 10.1. The van der Waals surface area contributed by atoms with Crippen molar-refractivity contribution in [3.63, 3.8) is 0 Å². The molecule has 0 saturated carbocycles. The minimum Gasteiger partial charge on any atom is -0.369 e. The Labute approximate surface area is 181 Å². The minimum atomic E-state index is -4.34. The van der Waals surface area contributed by atoms with Crippen molar-refractivity contribution in [3.05, 3.63) is 29.8 Å². The lowest BCUT2D eigenvalue weighted by molar-refractivity contribution is -0.137. The standard InChI is InChI=1S/C20H29F3N4O3S/c21-20(22,23)17-3-1-4-18(15-17)27-9-7-25(8-10-27)6-2-5-24-19(28)16-26-11-13-31(29,30)14-12-26/h1,3-4,15H,2,5-14,16H2,(H,24,28). The second kappa shape index (κ2) is 10.2. The van der Waals surface area contributed by atoms with Crippen molar-refractivity contribution >= 4 is 21.4 Å². The van der Waals surface area contributed by atoms with Crippen molar-refractivity contribution in [3.8, 4) is 0 Å². The molecule has 2 fully saturated rings. The predicted octanol–water partition coefficient (Wildman–Crippen LogP) is 1.06. The summed E-state index contributed by atoms with van der Waals surface area (Å²) in [7, 11) is -2.95. The molecule has 174 valence electrons. The van der Waals surface area contributed by atoms with E-state index in [9.17, 15) is 26.4 Å². The molecule has 2 aliphatic heterocycles. The summed E-state index contributed by atoms with van der Waals surface area (Å²) in [6.07, 6.45) is -3.56. The van der Waals surface area contributed by atoms with E-state index in [1.165, 1.54) is 12.1 Å². The molecule has 2 saturated heterocycles. The van der Waals surface area contributed by atoms with E-state index in [0.717, 1.165) is 32.1 Å². The molecule has 7 nitrogen and oxygen atoms in total. The average Bonchev–Trinajstić information content (AvgIpc) is 2.73. The highest BCUT2D eigenvalue weighted by atomic mass is 32.2. The lowest BCUT2D eigenvalue weighted by Crippen LogP contribution is -2.47. The van der Waals surface area contributed by atoms with Gasteiger partial charge < -0.3 is 10.2 Å². The zero-order valence-corrected chi connectivity index (χ0v) is 18.2.